The number of anilines is 1. The highest BCUT2D eigenvalue weighted by molar-refractivity contribution is 6.76. The quantitative estimate of drug-likeness (QED) is 0.554. The van der Waals surface area contributed by atoms with Crippen molar-refractivity contribution in [2.24, 2.45) is 11.7 Å². The number of ether oxygens (including phenoxy) is 1. The molecule has 0 unspecified atom stereocenters. The molecular weight excluding hydrogens is 358 g/mol. The van der Waals surface area contributed by atoms with Crippen LogP contribution in [-0.2, 0) is 16.3 Å². The lowest BCUT2D eigenvalue weighted by Gasteiger charge is -2.31. The Labute approximate surface area is 161 Å². The number of hydrogen-bond acceptors (Lipinski definition) is 5. The molecule has 3 rings (SSSR count). The normalized spacial score (nSPS) is 16.2. The summed E-state index contributed by atoms with van der Waals surface area (Å²) < 4.78 is 7.92. The molecule has 0 spiro atoms. The van der Waals surface area contributed by atoms with Gasteiger partial charge in [-0.1, -0.05) is 19.6 Å². The molecule has 1 fully saturated rings. The first-order chi connectivity index (χ1) is 12.8. The van der Waals surface area contributed by atoms with Crippen LogP contribution in [-0.4, -0.2) is 48.2 Å². The predicted molar refractivity (Wildman–Crippen MR) is 110 cm³/mol. The van der Waals surface area contributed by atoms with Crippen molar-refractivity contribution < 1.29 is 9.53 Å². The van der Waals surface area contributed by atoms with Crippen molar-refractivity contribution in [1.29, 1.82) is 0 Å². The van der Waals surface area contributed by atoms with E-state index < -0.39 is 8.07 Å². The Kier molecular flexibility index (Phi) is 6.16. The molecular formula is C19H31N5O2Si. The Bertz CT molecular complexity index is 778. The van der Waals surface area contributed by atoms with Gasteiger partial charge in [-0.3, -0.25) is 4.79 Å². The summed E-state index contributed by atoms with van der Waals surface area (Å²) in [5, 5.41) is 1.02. The maximum atomic E-state index is 11.1. The monoisotopic (exact) mass is 389 g/mol. The van der Waals surface area contributed by atoms with Crippen LogP contribution in [0.1, 0.15) is 19.3 Å². The smallest absolute Gasteiger partial charge is 0.227 e. The maximum absolute atomic E-state index is 11.1. The van der Waals surface area contributed by atoms with Crippen LogP contribution in [0.2, 0.25) is 25.7 Å². The van der Waals surface area contributed by atoms with Gasteiger partial charge in [0.2, 0.25) is 11.9 Å². The van der Waals surface area contributed by atoms with Gasteiger partial charge >= 0.3 is 0 Å². The number of nitrogens with zero attached hydrogens (tertiary/aromatic N) is 4. The molecule has 2 aromatic rings. The minimum atomic E-state index is -1.08. The van der Waals surface area contributed by atoms with Crippen molar-refractivity contribution in [3.8, 4) is 0 Å². The molecule has 0 bridgehead atoms. The molecule has 148 valence electrons. The number of nitrogens with two attached hydrogens (primary N) is 1. The number of hydrogen-bond donors (Lipinski definition) is 1. The van der Waals surface area contributed by atoms with Crippen LogP contribution in [0.25, 0.3) is 11.0 Å². The van der Waals surface area contributed by atoms with E-state index in [-0.39, 0.29) is 5.91 Å². The van der Waals surface area contributed by atoms with Gasteiger partial charge < -0.3 is 19.9 Å². The van der Waals surface area contributed by atoms with Gasteiger partial charge in [-0.05, 0) is 30.9 Å². The summed E-state index contributed by atoms with van der Waals surface area (Å²) in [5.74, 6) is 0.922. The topological polar surface area (TPSA) is 86.3 Å². The first-order valence-electron chi connectivity index (χ1n) is 9.75. The van der Waals surface area contributed by atoms with E-state index in [2.05, 4.69) is 29.5 Å². The number of piperidine rings is 1. The van der Waals surface area contributed by atoms with Crippen molar-refractivity contribution in [3.63, 3.8) is 0 Å². The number of carbonyl (C=O) groups is 1. The van der Waals surface area contributed by atoms with Gasteiger partial charge in [0.25, 0.3) is 0 Å². The molecule has 1 saturated heterocycles. The van der Waals surface area contributed by atoms with Gasteiger partial charge in [-0.15, -0.1) is 0 Å². The fourth-order valence-electron chi connectivity index (χ4n) is 3.38. The molecule has 0 saturated carbocycles. The third kappa shape index (κ3) is 5.52. The first kappa shape index (κ1) is 19.8. The molecule has 0 radical (unpaired) electrons. The Morgan fingerprint density at radius 3 is 2.74 bits per heavy atom. The largest absolute Gasteiger partial charge is 0.370 e. The third-order valence-corrected chi connectivity index (χ3v) is 6.81. The highest BCUT2D eigenvalue weighted by Gasteiger charge is 2.22. The molecule has 0 aromatic carbocycles. The Morgan fingerprint density at radius 1 is 1.33 bits per heavy atom. The van der Waals surface area contributed by atoms with Crippen LogP contribution in [0.5, 0.6) is 0 Å². The molecule has 0 atom stereocenters. The fraction of sp³-hybridized carbons (Fsp3) is 0.632. The molecule has 0 aliphatic carbocycles. The predicted octanol–water partition coefficient (Wildman–Crippen LogP) is 2.84. The van der Waals surface area contributed by atoms with E-state index in [0.717, 1.165) is 55.6 Å². The average Bonchev–Trinajstić information content (AvgIpc) is 3.00. The highest BCUT2D eigenvalue weighted by Crippen LogP contribution is 2.24. The zero-order chi connectivity index (χ0) is 19.4. The molecule has 2 N–H and O–H groups in total. The lowest BCUT2D eigenvalue weighted by Crippen LogP contribution is -2.36. The number of amides is 1. The van der Waals surface area contributed by atoms with Crippen molar-refractivity contribution in [2.45, 2.75) is 51.7 Å². The van der Waals surface area contributed by atoms with Crippen LogP contribution < -0.4 is 10.6 Å². The van der Waals surface area contributed by atoms with E-state index in [1.165, 1.54) is 0 Å². The highest BCUT2D eigenvalue weighted by atomic mass is 28.3. The van der Waals surface area contributed by atoms with Crippen LogP contribution in [0, 0.1) is 5.92 Å². The fourth-order valence-corrected chi connectivity index (χ4v) is 4.14. The number of fused-ring (bicyclic) bond motifs is 1. The van der Waals surface area contributed by atoms with Gasteiger partial charge in [0, 0.05) is 52.0 Å². The summed E-state index contributed by atoms with van der Waals surface area (Å²) in [7, 11) is -1.08. The van der Waals surface area contributed by atoms with Crippen molar-refractivity contribution >= 4 is 31.0 Å². The van der Waals surface area contributed by atoms with Crippen LogP contribution in [0.4, 0.5) is 5.95 Å². The molecule has 7 nitrogen and oxygen atoms in total. The summed E-state index contributed by atoms with van der Waals surface area (Å²) in [5.41, 5.74) is 6.23. The minimum absolute atomic E-state index is 0.210. The lowest BCUT2D eigenvalue weighted by atomic mass is 9.93. The summed E-state index contributed by atoms with van der Waals surface area (Å²) in [6, 6.07) is 3.19. The maximum Gasteiger partial charge on any atom is 0.227 e. The van der Waals surface area contributed by atoms with Crippen molar-refractivity contribution in [1.82, 2.24) is 14.5 Å². The van der Waals surface area contributed by atoms with Crippen molar-refractivity contribution in [2.75, 3.05) is 24.6 Å². The van der Waals surface area contributed by atoms with E-state index in [1.54, 1.807) is 0 Å². The second-order valence-corrected chi connectivity index (χ2v) is 14.3. The summed E-state index contributed by atoms with van der Waals surface area (Å²) in [6.45, 7) is 10.1. The average molecular weight is 390 g/mol. The van der Waals surface area contributed by atoms with E-state index in [9.17, 15) is 4.79 Å². The van der Waals surface area contributed by atoms with Crippen LogP contribution in [0.15, 0.2) is 18.5 Å². The molecule has 8 heteroatoms. The van der Waals surface area contributed by atoms with Crippen LogP contribution in [0.3, 0.4) is 0 Å². The number of aromatic nitrogens is 3. The molecule has 1 aliphatic heterocycles. The molecule has 1 aliphatic rings. The molecule has 2 aromatic heterocycles. The number of primary amides is 1. The summed E-state index contributed by atoms with van der Waals surface area (Å²) in [6.07, 6.45) is 6.27. The SMILES string of the molecule is C[Si](C)(C)CCOCn1ccc2cnc(N3CCC(CC(N)=O)CC3)nc21. The zero-order valence-corrected chi connectivity index (χ0v) is 17.6. The van der Waals surface area contributed by atoms with E-state index in [1.807, 2.05) is 23.0 Å². The first-order valence-corrected chi connectivity index (χ1v) is 13.5. The van der Waals surface area contributed by atoms with Gasteiger partial charge in [0.1, 0.15) is 12.4 Å². The van der Waals surface area contributed by atoms with Gasteiger partial charge in [0.05, 0.1) is 0 Å². The number of carbonyl (C=O) groups excluding carboxylic acids is 1. The van der Waals surface area contributed by atoms with Gasteiger partial charge in [-0.25, -0.2) is 4.98 Å². The third-order valence-electron chi connectivity index (χ3n) is 5.10. The van der Waals surface area contributed by atoms with E-state index >= 15 is 0 Å². The minimum Gasteiger partial charge on any atom is -0.370 e. The molecule has 27 heavy (non-hydrogen) atoms. The molecule has 1 amide bonds. The Hall–Kier alpha value is -1.93. The van der Waals surface area contributed by atoms with Crippen LogP contribution >= 0.6 is 0 Å². The van der Waals surface area contributed by atoms with E-state index in [4.69, 9.17) is 15.5 Å². The summed E-state index contributed by atoms with van der Waals surface area (Å²) >= 11 is 0. The second-order valence-electron chi connectivity index (χ2n) is 8.68. The number of rotatable bonds is 8. The Morgan fingerprint density at radius 2 is 2.07 bits per heavy atom. The molecule has 3 heterocycles. The summed E-state index contributed by atoms with van der Waals surface area (Å²) in [4.78, 5) is 22.6. The second kappa shape index (κ2) is 8.39. The van der Waals surface area contributed by atoms with E-state index in [0.29, 0.717) is 19.1 Å². The lowest BCUT2D eigenvalue weighted by molar-refractivity contribution is -0.119. The standard InChI is InChI=1S/C19H31N5O2Si/c1-27(2,3)11-10-26-14-24-9-6-16-13-21-19(22-18(16)24)23-7-4-15(5-8-23)12-17(20)25/h6,9,13,15H,4-5,7-8,10-12,14H2,1-3H3,(H2,20,25). The van der Waals surface area contributed by atoms with Gasteiger partial charge in [0.15, 0.2) is 0 Å². The van der Waals surface area contributed by atoms with Gasteiger partial charge in [-0.2, -0.15) is 4.98 Å². The Balaban J connectivity index is 1.62. The zero-order valence-electron chi connectivity index (χ0n) is 16.6. The van der Waals surface area contributed by atoms with Crippen molar-refractivity contribution in [3.05, 3.63) is 18.5 Å².